The van der Waals surface area contributed by atoms with E-state index in [0.29, 0.717) is 0 Å². The van der Waals surface area contributed by atoms with Crippen LogP contribution in [0.25, 0.3) is 11.1 Å². The Morgan fingerprint density at radius 3 is 3.04 bits per heavy atom. The summed E-state index contributed by atoms with van der Waals surface area (Å²) < 4.78 is 4.42. The summed E-state index contributed by atoms with van der Waals surface area (Å²) in [5.74, 6) is 0. The number of fused-ring (bicyclic) bond motifs is 5. The van der Waals surface area contributed by atoms with Gasteiger partial charge in [0, 0.05) is 29.3 Å². The highest BCUT2D eigenvalue weighted by Crippen LogP contribution is 2.46. The fourth-order valence-corrected chi connectivity index (χ4v) is 3.99. The third-order valence-corrected chi connectivity index (χ3v) is 5.37. The molecule has 1 aliphatic carbocycles. The Morgan fingerprint density at radius 2 is 2.12 bits per heavy atom. The van der Waals surface area contributed by atoms with Gasteiger partial charge in [-0.2, -0.15) is 4.40 Å². The van der Waals surface area contributed by atoms with Gasteiger partial charge in [0.05, 0.1) is 23.6 Å². The first kappa shape index (κ1) is 13.6. The molecule has 2 aromatic heterocycles. The van der Waals surface area contributed by atoms with Gasteiger partial charge in [-0.25, -0.2) is 0 Å². The largest absolute Gasteiger partial charge is 0.314 e. The molecule has 24 heavy (non-hydrogen) atoms. The summed E-state index contributed by atoms with van der Waals surface area (Å²) in [6, 6.07) is 8.69. The Morgan fingerprint density at radius 1 is 1.21 bits per heavy atom. The normalized spacial score (nSPS) is 23.9. The molecule has 1 atom stereocenters. The fourth-order valence-electron chi connectivity index (χ4n) is 3.99. The van der Waals surface area contributed by atoms with Crippen molar-refractivity contribution in [2.75, 3.05) is 0 Å². The van der Waals surface area contributed by atoms with Crippen LogP contribution in [0.4, 0.5) is 0 Å². The molecule has 2 nitrogen and oxygen atoms in total. The van der Waals surface area contributed by atoms with Crippen LogP contribution in [0.3, 0.4) is 0 Å². The van der Waals surface area contributed by atoms with Crippen molar-refractivity contribution in [1.82, 2.24) is 0 Å². The zero-order chi connectivity index (χ0) is 16.3. The first-order valence-corrected chi connectivity index (χ1v) is 8.37. The maximum absolute atomic E-state index is 2.39. The van der Waals surface area contributed by atoms with E-state index in [1.165, 1.54) is 33.5 Å². The minimum atomic E-state index is -0.0964. The molecule has 5 rings (SSSR count). The predicted octanol–water partition coefficient (Wildman–Crippen LogP) is 3.74. The molecule has 0 saturated carbocycles. The van der Waals surface area contributed by atoms with Gasteiger partial charge in [-0.1, -0.05) is 0 Å². The highest BCUT2D eigenvalue weighted by atomic mass is 15.0. The maximum Gasteiger partial charge on any atom is 0.314 e. The molecule has 0 fully saturated rings. The van der Waals surface area contributed by atoms with Crippen molar-refractivity contribution >= 4 is 17.3 Å². The van der Waals surface area contributed by atoms with Crippen LogP contribution in [0, 0.1) is 6.42 Å². The van der Waals surface area contributed by atoms with E-state index in [1.807, 2.05) is 0 Å². The van der Waals surface area contributed by atoms with Crippen LogP contribution in [-0.4, -0.2) is 10.8 Å². The van der Waals surface area contributed by atoms with E-state index in [0.717, 1.165) is 0 Å². The summed E-state index contributed by atoms with van der Waals surface area (Å²) in [7, 11) is 0. The smallest absolute Gasteiger partial charge is 0.167 e. The SMILES string of the molecule is CC1=CC2=C[N+]3=CC=C[CH+]C3=CC2(C)c2cc3cccc[n+]3cc21. The molecule has 2 aromatic rings. The molecule has 2 heteroatoms. The second-order valence-corrected chi connectivity index (χ2v) is 6.92. The number of rotatable bonds is 0. The molecule has 0 bridgehead atoms. The minimum absolute atomic E-state index is 0.0964. The van der Waals surface area contributed by atoms with Gasteiger partial charge < -0.3 is 0 Å². The molecule has 3 aliphatic rings. The van der Waals surface area contributed by atoms with Gasteiger partial charge in [0.25, 0.3) is 0 Å². The summed E-state index contributed by atoms with van der Waals surface area (Å²) in [6.45, 7) is 4.54. The molecule has 114 valence electrons. The number of hydrogen-bond acceptors (Lipinski definition) is 0. The van der Waals surface area contributed by atoms with E-state index in [2.05, 4.69) is 103 Å². The minimum Gasteiger partial charge on any atom is -0.167 e. The molecule has 1 unspecified atom stereocenters. The van der Waals surface area contributed by atoms with Crippen LogP contribution >= 0.6 is 0 Å². The van der Waals surface area contributed by atoms with E-state index >= 15 is 0 Å². The van der Waals surface area contributed by atoms with E-state index < -0.39 is 0 Å². The number of aromatic nitrogens is 1. The Labute approximate surface area is 142 Å². The van der Waals surface area contributed by atoms with Gasteiger partial charge in [0.2, 0.25) is 11.7 Å². The number of nitrogens with zero attached hydrogens (tertiary/aromatic N) is 2. The molecule has 0 N–H and O–H groups in total. The average molecular weight is 311 g/mol. The van der Waals surface area contributed by atoms with Gasteiger partial charge in [-0.15, -0.1) is 4.58 Å². The quantitative estimate of drug-likeness (QED) is 0.517. The zero-order valence-electron chi connectivity index (χ0n) is 13.9. The third kappa shape index (κ3) is 1.74. The Bertz CT molecular complexity index is 1050. The summed E-state index contributed by atoms with van der Waals surface area (Å²) in [5, 5.41) is 0. The first-order chi connectivity index (χ1) is 11.6. The molecule has 0 radical (unpaired) electrons. The lowest BCUT2D eigenvalue weighted by Crippen LogP contribution is -2.34. The van der Waals surface area contributed by atoms with Crippen LogP contribution in [0.2, 0.25) is 0 Å². The van der Waals surface area contributed by atoms with Gasteiger partial charge in [-0.3, -0.25) is 0 Å². The van der Waals surface area contributed by atoms with Crippen molar-refractivity contribution in [3.63, 3.8) is 0 Å². The standard InChI is InChI=1S/C22H19N2/c1-16-11-17-14-23-9-6-4-8-19(23)13-22(17,2)21-12-18-7-3-5-10-24(18)15-20(16)21/h3-15H,1-2H3/q+3. The number of allylic oxidation sites excluding steroid dienone is 6. The molecular weight excluding hydrogens is 292 g/mol. The zero-order valence-corrected chi connectivity index (χ0v) is 13.9. The number of pyridine rings is 2. The third-order valence-electron chi connectivity index (χ3n) is 5.37. The Hall–Kier alpha value is -2.87. The van der Waals surface area contributed by atoms with Crippen molar-refractivity contribution in [2.24, 2.45) is 0 Å². The highest BCUT2D eigenvalue weighted by Gasteiger charge is 2.45. The van der Waals surface area contributed by atoms with Gasteiger partial charge >= 0.3 is 5.70 Å². The second kappa shape index (κ2) is 4.57. The molecule has 0 saturated heterocycles. The van der Waals surface area contributed by atoms with E-state index in [-0.39, 0.29) is 5.41 Å². The summed E-state index contributed by atoms with van der Waals surface area (Å²) >= 11 is 0. The molecule has 0 amide bonds. The fraction of sp³-hybridized carbons (Fsp3) is 0.136. The Kier molecular flexibility index (Phi) is 2.58. The maximum atomic E-state index is 2.39. The summed E-state index contributed by atoms with van der Waals surface area (Å²) in [5.41, 5.74) is 7.75. The van der Waals surface area contributed by atoms with E-state index in [9.17, 15) is 0 Å². The summed E-state index contributed by atoms with van der Waals surface area (Å²) in [6.07, 6.45) is 19.9. The summed E-state index contributed by atoms with van der Waals surface area (Å²) in [4.78, 5) is 0. The molecular formula is C22H19N2+3. The van der Waals surface area contributed by atoms with Crippen molar-refractivity contribution in [3.05, 3.63) is 96.0 Å². The molecule has 0 aromatic carbocycles. The van der Waals surface area contributed by atoms with Crippen molar-refractivity contribution in [1.29, 1.82) is 0 Å². The Balaban J connectivity index is 1.83. The molecule has 2 aliphatic heterocycles. The van der Waals surface area contributed by atoms with Crippen LogP contribution < -0.4 is 4.40 Å². The van der Waals surface area contributed by atoms with Crippen LogP contribution in [0.15, 0.2) is 78.4 Å². The van der Waals surface area contributed by atoms with E-state index in [1.54, 1.807) is 0 Å². The van der Waals surface area contributed by atoms with Crippen LogP contribution in [-0.2, 0) is 5.41 Å². The monoisotopic (exact) mass is 311 g/mol. The van der Waals surface area contributed by atoms with Crippen LogP contribution in [0.5, 0.6) is 0 Å². The molecule has 4 heterocycles. The van der Waals surface area contributed by atoms with Crippen molar-refractivity contribution in [2.45, 2.75) is 19.3 Å². The van der Waals surface area contributed by atoms with Crippen molar-refractivity contribution < 1.29 is 8.98 Å². The average Bonchev–Trinajstić information content (AvgIpc) is 2.60. The second-order valence-electron chi connectivity index (χ2n) is 6.92. The topological polar surface area (TPSA) is 7.11 Å². The number of hydrogen-bond donors (Lipinski definition) is 0. The lowest BCUT2D eigenvalue weighted by molar-refractivity contribution is -0.512. The van der Waals surface area contributed by atoms with Gasteiger partial charge in [-0.05, 0) is 37.1 Å². The van der Waals surface area contributed by atoms with Gasteiger partial charge in [0.15, 0.2) is 18.6 Å². The molecule has 0 spiro atoms. The predicted molar refractivity (Wildman–Crippen MR) is 96.5 cm³/mol. The lowest BCUT2D eigenvalue weighted by atomic mass is 9.68. The first-order valence-electron chi connectivity index (χ1n) is 8.37. The van der Waals surface area contributed by atoms with E-state index in [4.69, 9.17) is 0 Å². The highest BCUT2D eigenvalue weighted by molar-refractivity contribution is 5.78. The van der Waals surface area contributed by atoms with Crippen LogP contribution in [0.1, 0.15) is 25.0 Å². The van der Waals surface area contributed by atoms with Gasteiger partial charge in [0.1, 0.15) is 6.42 Å². The van der Waals surface area contributed by atoms with Crippen molar-refractivity contribution in [3.8, 4) is 0 Å². The lowest BCUT2D eigenvalue weighted by Gasteiger charge is -2.32.